The maximum absolute atomic E-state index is 11.3. The van der Waals surface area contributed by atoms with Crippen molar-refractivity contribution in [1.82, 2.24) is 0 Å². The zero-order chi connectivity index (χ0) is 12.5. The van der Waals surface area contributed by atoms with Crippen molar-refractivity contribution in [2.45, 2.75) is 35.8 Å². The predicted octanol–water partition coefficient (Wildman–Crippen LogP) is 1.73. The van der Waals surface area contributed by atoms with E-state index in [1.165, 1.54) is 0 Å². The van der Waals surface area contributed by atoms with E-state index in [1.54, 1.807) is 23.9 Å². The van der Waals surface area contributed by atoms with Gasteiger partial charge in [-0.05, 0) is 24.6 Å². The third-order valence-electron chi connectivity index (χ3n) is 1.98. The van der Waals surface area contributed by atoms with Crippen LogP contribution in [0.15, 0.2) is 21.9 Å². The number of hydrogen-bond donors (Lipinski definition) is 2. The highest BCUT2D eigenvalue weighted by molar-refractivity contribution is 8.00. The molecule has 1 rings (SSSR count). The van der Waals surface area contributed by atoms with Gasteiger partial charge in [0.25, 0.3) is 0 Å². The van der Waals surface area contributed by atoms with Crippen LogP contribution in [-0.4, -0.2) is 13.7 Å². The molecule has 0 radical (unpaired) electrons. The van der Waals surface area contributed by atoms with Gasteiger partial charge >= 0.3 is 0 Å². The fraction of sp³-hybridized carbons (Fsp3) is 0.400. The lowest BCUT2D eigenvalue weighted by atomic mass is 10.2. The fourth-order valence-corrected chi connectivity index (χ4v) is 3.00. The summed E-state index contributed by atoms with van der Waals surface area (Å²) in [6.07, 6.45) is 0. The monoisotopic (exact) mass is 260 g/mol. The SMILES string of the molecule is Cc1cc(N)c(S(N)(=O)=O)cc1SC(C)C. The Balaban J connectivity index is 3.33. The van der Waals surface area contributed by atoms with E-state index in [4.69, 9.17) is 10.9 Å². The van der Waals surface area contributed by atoms with Crippen LogP contribution in [0.25, 0.3) is 0 Å². The highest BCUT2D eigenvalue weighted by atomic mass is 32.2. The number of nitrogens with two attached hydrogens (primary N) is 2. The molecule has 6 heteroatoms. The molecule has 1 aromatic rings. The average Bonchev–Trinajstić information content (AvgIpc) is 2.06. The van der Waals surface area contributed by atoms with Crippen LogP contribution in [0, 0.1) is 6.92 Å². The van der Waals surface area contributed by atoms with Gasteiger partial charge in [-0.3, -0.25) is 0 Å². The van der Waals surface area contributed by atoms with Gasteiger partial charge in [0.2, 0.25) is 10.0 Å². The van der Waals surface area contributed by atoms with Gasteiger partial charge in [-0.15, -0.1) is 11.8 Å². The summed E-state index contributed by atoms with van der Waals surface area (Å²) >= 11 is 1.59. The molecule has 0 heterocycles. The molecular formula is C10H16N2O2S2. The number of nitrogen functional groups attached to an aromatic ring is 1. The van der Waals surface area contributed by atoms with E-state index in [2.05, 4.69) is 0 Å². The molecule has 16 heavy (non-hydrogen) atoms. The number of sulfonamides is 1. The Labute approximate surface area is 100 Å². The Morgan fingerprint density at radius 3 is 2.31 bits per heavy atom. The van der Waals surface area contributed by atoms with Gasteiger partial charge in [0, 0.05) is 10.1 Å². The minimum absolute atomic E-state index is 0.00116. The zero-order valence-electron chi connectivity index (χ0n) is 9.52. The number of thioether (sulfide) groups is 1. The van der Waals surface area contributed by atoms with Gasteiger partial charge in [-0.2, -0.15) is 0 Å². The lowest BCUT2D eigenvalue weighted by molar-refractivity contribution is 0.598. The smallest absolute Gasteiger partial charge is 0.240 e. The van der Waals surface area contributed by atoms with E-state index in [0.717, 1.165) is 10.5 Å². The molecule has 0 aliphatic carbocycles. The number of benzene rings is 1. The van der Waals surface area contributed by atoms with Gasteiger partial charge < -0.3 is 5.73 Å². The molecule has 0 aromatic heterocycles. The maximum Gasteiger partial charge on any atom is 0.240 e. The van der Waals surface area contributed by atoms with Crippen molar-refractivity contribution >= 4 is 27.5 Å². The molecule has 0 fully saturated rings. The lowest BCUT2D eigenvalue weighted by Gasteiger charge is -2.12. The van der Waals surface area contributed by atoms with Crippen LogP contribution >= 0.6 is 11.8 Å². The molecule has 1 aromatic carbocycles. The average molecular weight is 260 g/mol. The number of rotatable bonds is 3. The van der Waals surface area contributed by atoms with E-state index in [9.17, 15) is 8.42 Å². The second-order valence-corrected chi connectivity index (χ2v) is 7.02. The summed E-state index contributed by atoms with van der Waals surface area (Å²) in [5.41, 5.74) is 6.80. The van der Waals surface area contributed by atoms with E-state index < -0.39 is 10.0 Å². The van der Waals surface area contributed by atoms with Crippen LogP contribution < -0.4 is 10.9 Å². The molecule has 0 amide bonds. The molecule has 0 saturated carbocycles. The zero-order valence-corrected chi connectivity index (χ0v) is 11.2. The standard InChI is InChI=1S/C10H16N2O2S2/c1-6(2)15-9-5-10(16(12,13)14)8(11)4-7(9)3/h4-6H,11H2,1-3H3,(H2,12,13,14). The second kappa shape index (κ2) is 4.65. The highest BCUT2D eigenvalue weighted by Gasteiger charge is 2.15. The van der Waals surface area contributed by atoms with E-state index >= 15 is 0 Å². The van der Waals surface area contributed by atoms with Crippen molar-refractivity contribution in [3.05, 3.63) is 17.7 Å². The molecule has 0 bridgehead atoms. The maximum atomic E-state index is 11.3. The molecule has 0 aliphatic heterocycles. The second-order valence-electron chi connectivity index (χ2n) is 3.87. The van der Waals surface area contributed by atoms with Gasteiger partial charge in [0.05, 0.1) is 5.69 Å². The molecule has 0 aliphatic rings. The van der Waals surface area contributed by atoms with Gasteiger partial charge in [0.1, 0.15) is 4.90 Å². The van der Waals surface area contributed by atoms with Crippen molar-refractivity contribution in [2.24, 2.45) is 5.14 Å². The first-order chi connectivity index (χ1) is 7.21. The van der Waals surface area contributed by atoms with Crippen molar-refractivity contribution in [2.75, 3.05) is 5.73 Å². The van der Waals surface area contributed by atoms with E-state index in [-0.39, 0.29) is 10.6 Å². The number of hydrogen-bond acceptors (Lipinski definition) is 4. The summed E-state index contributed by atoms with van der Waals surface area (Å²) in [7, 11) is -3.75. The number of aryl methyl sites for hydroxylation is 1. The predicted molar refractivity (Wildman–Crippen MR) is 68.0 cm³/mol. The van der Waals surface area contributed by atoms with Crippen LogP contribution in [0.1, 0.15) is 19.4 Å². The van der Waals surface area contributed by atoms with E-state index in [0.29, 0.717) is 5.25 Å². The largest absolute Gasteiger partial charge is 0.398 e. The Morgan fingerprint density at radius 2 is 1.88 bits per heavy atom. The summed E-state index contributed by atoms with van der Waals surface area (Å²) in [4.78, 5) is 0.898. The molecule has 0 spiro atoms. The third-order valence-corrected chi connectivity index (χ3v) is 4.11. The summed E-state index contributed by atoms with van der Waals surface area (Å²) in [5, 5.41) is 5.46. The highest BCUT2D eigenvalue weighted by Crippen LogP contribution is 2.31. The summed E-state index contributed by atoms with van der Waals surface area (Å²) in [6.45, 7) is 5.97. The molecule has 0 atom stereocenters. The Morgan fingerprint density at radius 1 is 1.31 bits per heavy atom. The van der Waals surface area contributed by atoms with Crippen molar-refractivity contribution in [3.8, 4) is 0 Å². The Kier molecular flexibility index (Phi) is 3.88. The van der Waals surface area contributed by atoms with Crippen molar-refractivity contribution in [1.29, 1.82) is 0 Å². The van der Waals surface area contributed by atoms with Crippen LogP contribution in [0.4, 0.5) is 5.69 Å². The minimum atomic E-state index is -3.75. The van der Waals surface area contributed by atoms with Crippen LogP contribution in [0.2, 0.25) is 0 Å². The Bertz CT molecular complexity index is 496. The molecule has 0 saturated heterocycles. The molecule has 4 nitrogen and oxygen atoms in total. The van der Waals surface area contributed by atoms with Gasteiger partial charge in [-0.25, -0.2) is 13.6 Å². The van der Waals surface area contributed by atoms with Crippen LogP contribution in [0.5, 0.6) is 0 Å². The third kappa shape index (κ3) is 3.13. The molecular weight excluding hydrogens is 244 g/mol. The van der Waals surface area contributed by atoms with Gasteiger partial charge in [0.15, 0.2) is 0 Å². The molecule has 4 N–H and O–H groups in total. The number of primary sulfonamides is 1. The van der Waals surface area contributed by atoms with Crippen molar-refractivity contribution < 1.29 is 8.42 Å². The number of anilines is 1. The first-order valence-electron chi connectivity index (χ1n) is 4.81. The topological polar surface area (TPSA) is 86.2 Å². The first-order valence-corrected chi connectivity index (χ1v) is 7.24. The first kappa shape index (κ1) is 13.3. The lowest BCUT2D eigenvalue weighted by Crippen LogP contribution is -2.14. The normalized spacial score (nSPS) is 12.1. The van der Waals surface area contributed by atoms with E-state index in [1.807, 2.05) is 20.8 Å². The van der Waals surface area contributed by atoms with Crippen molar-refractivity contribution in [3.63, 3.8) is 0 Å². The molecule has 90 valence electrons. The van der Waals surface area contributed by atoms with Crippen LogP contribution in [-0.2, 0) is 10.0 Å². The van der Waals surface area contributed by atoms with Crippen LogP contribution in [0.3, 0.4) is 0 Å². The Hall–Kier alpha value is -0.720. The summed E-state index contributed by atoms with van der Waals surface area (Å²) < 4.78 is 22.6. The summed E-state index contributed by atoms with van der Waals surface area (Å²) in [6, 6.07) is 3.19. The summed E-state index contributed by atoms with van der Waals surface area (Å²) in [5.74, 6) is 0. The molecule has 0 unspecified atom stereocenters. The minimum Gasteiger partial charge on any atom is -0.398 e. The van der Waals surface area contributed by atoms with Gasteiger partial charge in [-0.1, -0.05) is 13.8 Å². The fourth-order valence-electron chi connectivity index (χ4n) is 1.32. The quantitative estimate of drug-likeness (QED) is 0.640.